The molecule has 13 heteroatoms. The highest BCUT2D eigenvalue weighted by Gasteiger charge is 2.34. The molecule has 1 aromatic heterocycles. The summed E-state index contributed by atoms with van der Waals surface area (Å²) >= 11 is 0. The number of fused-ring (bicyclic) bond motifs is 2. The number of benzene rings is 2. The van der Waals surface area contributed by atoms with Gasteiger partial charge in [0, 0.05) is 50.3 Å². The lowest BCUT2D eigenvalue weighted by Gasteiger charge is -2.25. The van der Waals surface area contributed by atoms with Crippen molar-refractivity contribution in [1.82, 2.24) is 10.2 Å². The number of amides is 2. The summed E-state index contributed by atoms with van der Waals surface area (Å²) in [5, 5.41) is 3.04. The molecule has 1 N–H and O–H groups in total. The van der Waals surface area contributed by atoms with Crippen molar-refractivity contribution >= 4 is 38.7 Å². The number of nitrogens with zero attached hydrogens (tertiary/aromatic N) is 2. The van der Waals surface area contributed by atoms with Gasteiger partial charge in [-0.1, -0.05) is 0 Å². The molecule has 3 aromatic rings. The molecule has 216 valence electrons. The van der Waals surface area contributed by atoms with Crippen LogP contribution < -0.4 is 9.62 Å². The average molecular weight is 578 g/mol. The molecule has 1 aliphatic heterocycles. The van der Waals surface area contributed by atoms with Crippen LogP contribution >= 0.6 is 0 Å². The molecule has 2 aromatic carbocycles. The number of rotatable bonds is 8. The highest BCUT2D eigenvalue weighted by atomic mass is 32.2. The molecule has 0 radical (unpaired) electrons. The maximum absolute atomic E-state index is 13.6. The average Bonchev–Trinajstić information content (AvgIpc) is 3.22. The summed E-state index contributed by atoms with van der Waals surface area (Å²) in [6.45, 7) is 2.10. The van der Waals surface area contributed by atoms with Crippen molar-refractivity contribution in [3.05, 3.63) is 53.3 Å². The highest BCUT2D eigenvalue weighted by molar-refractivity contribution is 7.92. The van der Waals surface area contributed by atoms with E-state index in [9.17, 15) is 22.4 Å². The van der Waals surface area contributed by atoms with E-state index in [1.165, 1.54) is 47.6 Å². The van der Waals surface area contributed by atoms with Crippen LogP contribution in [0.1, 0.15) is 28.9 Å². The van der Waals surface area contributed by atoms with E-state index in [1.54, 1.807) is 26.1 Å². The van der Waals surface area contributed by atoms with Gasteiger partial charge >= 0.3 is 6.09 Å². The molecular formula is C27H32FN3O8S. The van der Waals surface area contributed by atoms with Crippen molar-refractivity contribution in [1.29, 1.82) is 0 Å². The zero-order chi connectivity index (χ0) is 29.2. The number of methoxy groups -OCH3 is 1. The van der Waals surface area contributed by atoms with E-state index in [4.69, 9.17) is 18.6 Å². The first-order valence-corrected chi connectivity index (χ1v) is 14.4. The third-order valence-corrected chi connectivity index (χ3v) is 7.75. The van der Waals surface area contributed by atoms with Crippen molar-refractivity contribution in [2.24, 2.45) is 0 Å². The Morgan fingerprint density at radius 1 is 1.23 bits per heavy atom. The predicted octanol–water partition coefficient (Wildman–Crippen LogP) is 3.54. The fourth-order valence-corrected chi connectivity index (χ4v) is 5.49. The summed E-state index contributed by atoms with van der Waals surface area (Å²) in [6, 6.07) is 8.73. The van der Waals surface area contributed by atoms with E-state index < -0.39 is 40.0 Å². The first-order valence-electron chi connectivity index (χ1n) is 12.5. The van der Waals surface area contributed by atoms with Gasteiger partial charge in [-0.25, -0.2) is 17.6 Å². The summed E-state index contributed by atoms with van der Waals surface area (Å²) < 4.78 is 63.2. The molecule has 40 heavy (non-hydrogen) atoms. The second-order valence-corrected chi connectivity index (χ2v) is 11.4. The molecule has 0 saturated carbocycles. The summed E-state index contributed by atoms with van der Waals surface area (Å²) in [5.74, 6) is -0.649. The second kappa shape index (κ2) is 11.8. The molecule has 0 unspecified atom stereocenters. The smallest absolute Gasteiger partial charge is 0.409 e. The maximum atomic E-state index is 13.6. The number of nitrogens with one attached hydrogen (secondary N) is 1. The van der Waals surface area contributed by atoms with Crippen LogP contribution in [0.3, 0.4) is 0 Å². The minimum Gasteiger partial charge on any atom is -0.455 e. The Hall–Kier alpha value is -3.68. The van der Waals surface area contributed by atoms with E-state index >= 15 is 0 Å². The molecular weight excluding hydrogens is 545 g/mol. The topological polar surface area (TPSA) is 128 Å². The minimum absolute atomic E-state index is 0.120. The highest BCUT2D eigenvalue weighted by Crippen LogP contribution is 2.42. The number of hydrogen-bond acceptors (Lipinski definition) is 8. The zero-order valence-electron chi connectivity index (χ0n) is 22.9. The molecule has 0 spiro atoms. The number of ether oxygens (including phenoxy) is 3. The van der Waals surface area contributed by atoms with Crippen LogP contribution in [-0.4, -0.2) is 85.2 Å². The molecule has 2 heterocycles. The third kappa shape index (κ3) is 6.06. The lowest BCUT2D eigenvalue weighted by atomic mass is 10.0. The number of carbonyl (C=O) groups is 2. The monoisotopic (exact) mass is 577 g/mol. The number of sulfonamides is 1. The Labute approximate surface area is 231 Å². The van der Waals surface area contributed by atoms with E-state index in [2.05, 4.69) is 5.32 Å². The van der Waals surface area contributed by atoms with Gasteiger partial charge in [0.15, 0.2) is 0 Å². The molecule has 0 bridgehead atoms. The third-order valence-electron chi connectivity index (χ3n) is 6.61. The largest absolute Gasteiger partial charge is 0.455 e. The predicted molar refractivity (Wildman–Crippen MR) is 146 cm³/mol. The Balaban J connectivity index is 1.75. The zero-order valence-corrected chi connectivity index (χ0v) is 23.7. The van der Waals surface area contributed by atoms with Crippen molar-refractivity contribution in [2.75, 3.05) is 58.1 Å². The number of furan rings is 1. The Bertz CT molecular complexity index is 1510. The maximum Gasteiger partial charge on any atom is 0.409 e. The standard InChI is InChI=1S/C27H32FN3O8S/c1-16-20-12-21-23(39-25(24(21)26(32)29-2)17-6-8-18(28)9-7-17)13-22(20)31(40(5,34)35)14-19(38-16)15-37-27(33)30(3)10-11-36-4/h6-9,12-13,16,19H,10-11,14-15H2,1-5H3,(H,29,32)/t16-,19-/m0/s1. The number of likely N-dealkylation sites (N-methyl/N-ethyl adjacent to an activating group) is 1. The van der Waals surface area contributed by atoms with Gasteiger partial charge in [0.1, 0.15) is 29.9 Å². The minimum atomic E-state index is -3.81. The molecule has 4 rings (SSSR count). The second-order valence-electron chi connectivity index (χ2n) is 9.49. The van der Waals surface area contributed by atoms with Gasteiger partial charge in [0.25, 0.3) is 5.91 Å². The first kappa shape index (κ1) is 29.3. The van der Waals surface area contributed by atoms with Crippen LogP contribution in [0.2, 0.25) is 0 Å². The molecule has 1 aliphatic rings. The molecule has 2 atom stereocenters. The van der Waals surface area contributed by atoms with E-state index in [0.717, 1.165) is 6.26 Å². The van der Waals surface area contributed by atoms with Crippen molar-refractivity contribution in [3.8, 4) is 11.3 Å². The molecule has 0 saturated heterocycles. The number of anilines is 1. The quantitative estimate of drug-likeness (QED) is 0.431. The fraction of sp³-hybridized carbons (Fsp3) is 0.407. The van der Waals surface area contributed by atoms with Crippen molar-refractivity contribution in [3.63, 3.8) is 0 Å². The van der Waals surface area contributed by atoms with Gasteiger partial charge in [0.2, 0.25) is 10.0 Å². The van der Waals surface area contributed by atoms with Crippen LogP contribution in [0.5, 0.6) is 0 Å². The molecule has 11 nitrogen and oxygen atoms in total. The Morgan fingerprint density at radius 3 is 2.55 bits per heavy atom. The van der Waals surface area contributed by atoms with E-state index in [0.29, 0.717) is 35.4 Å². The fourth-order valence-electron chi connectivity index (χ4n) is 4.53. The number of halogens is 1. The van der Waals surface area contributed by atoms with E-state index in [1.807, 2.05) is 0 Å². The first-order chi connectivity index (χ1) is 18.9. The van der Waals surface area contributed by atoms with Crippen LogP contribution in [0, 0.1) is 5.82 Å². The van der Waals surface area contributed by atoms with E-state index in [-0.39, 0.29) is 30.1 Å². The molecule has 0 fully saturated rings. The van der Waals surface area contributed by atoms with Gasteiger partial charge in [-0.3, -0.25) is 9.10 Å². The number of hydrogen-bond donors (Lipinski definition) is 1. The van der Waals surface area contributed by atoms with Gasteiger partial charge in [-0.05, 0) is 37.3 Å². The SMILES string of the molecule is CNC(=O)c1c(-c2ccc(F)cc2)oc2cc3c(cc12)[C@H](C)O[C@H](COC(=O)N(C)CCOC)CN3S(C)(=O)=O. The van der Waals surface area contributed by atoms with Crippen LogP contribution in [0.15, 0.2) is 40.8 Å². The molecule has 2 amide bonds. The Morgan fingerprint density at radius 2 is 1.93 bits per heavy atom. The Kier molecular flexibility index (Phi) is 8.66. The number of carbonyl (C=O) groups excluding carboxylic acids is 2. The summed E-state index contributed by atoms with van der Waals surface area (Å²) in [5.41, 5.74) is 1.78. The van der Waals surface area contributed by atoms with Crippen LogP contribution in [-0.2, 0) is 24.2 Å². The van der Waals surface area contributed by atoms with Crippen LogP contribution in [0.25, 0.3) is 22.3 Å². The normalized spacial score (nSPS) is 17.3. The summed E-state index contributed by atoms with van der Waals surface area (Å²) in [7, 11) is 0.757. The van der Waals surface area contributed by atoms with Crippen molar-refractivity contribution in [2.45, 2.75) is 19.1 Å². The lowest BCUT2D eigenvalue weighted by molar-refractivity contribution is -0.0316. The lowest BCUT2D eigenvalue weighted by Crippen LogP contribution is -2.40. The van der Waals surface area contributed by atoms with Crippen molar-refractivity contribution < 1.29 is 41.0 Å². The van der Waals surface area contributed by atoms with Gasteiger partial charge in [-0.2, -0.15) is 0 Å². The van der Waals surface area contributed by atoms with Crippen LogP contribution in [0.4, 0.5) is 14.9 Å². The van der Waals surface area contributed by atoms with Gasteiger partial charge < -0.3 is 28.8 Å². The summed E-state index contributed by atoms with van der Waals surface area (Å²) in [4.78, 5) is 26.7. The van der Waals surface area contributed by atoms with Gasteiger partial charge in [0.05, 0.1) is 36.8 Å². The van der Waals surface area contributed by atoms with Gasteiger partial charge in [-0.15, -0.1) is 0 Å². The summed E-state index contributed by atoms with van der Waals surface area (Å²) in [6.07, 6.45) is -0.943. The molecule has 0 aliphatic carbocycles.